The molecule has 0 bridgehead atoms. The molecule has 8 nitrogen and oxygen atoms in total. The predicted molar refractivity (Wildman–Crippen MR) is 93.5 cm³/mol. The van der Waals surface area contributed by atoms with Gasteiger partial charge in [0.25, 0.3) is 0 Å². The normalized spacial score (nSPS) is 10.7. The fraction of sp³-hybridized carbons (Fsp3) is 0.235. The van der Waals surface area contributed by atoms with Gasteiger partial charge in [0.05, 0.1) is 16.0 Å². The van der Waals surface area contributed by atoms with E-state index in [2.05, 4.69) is 0 Å². The number of aliphatic hydroxyl groups is 1. The number of nitro groups is 2. The third-order valence-electron chi connectivity index (χ3n) is 3.20. The zero-order valence-electron chi connectivity index (χ0n) is 13.7. The largest absolute Gasteiger partial charge is 0.389 e. The number of hydrogen-bond donors (Lipinski definition) is 1. The van der Waals surface area contributed by atoms with E-state index in [1.165, 1.54) is 26.0 Å². The van der Waals surface area contributed by atoms with E-state index in [9.17, 15) is 33.8 Å². The molecule has 2 aromatic rings. The number of aliphatic hydroxyl groups excluding tert-OH is 1. The van der Waals surface area contributed by atoms with Gasteiger partial charge in [0.15, 0.2) is 5.78 Å². The van der Waals surface area contributed by atoms with Crippen molar-refractivity contribution in [3.8, 4) is 0 Å². The number of nitro benzene ring substituents is 2. The van der Waals surface area contributed by atoms with E-state index < -0.39 is 39.0 Å². The van der Waals surface area contributed by atoms with Crippen molar-refractivity contribution in [2.24, 2.45) is 0 Å². The van der Waals surface area contributed by atoms with Crippen LogP contribution in [0.1, 0.15) is 43.3 Å². The zero-order valence-corrected chi connectivity index (χ0v) is 13.7. The van der Waals surface area contributed by atoms with E-state index in [4.69, 9.17) is 5.11 Å². The summed E-state index contributed by atoms with van der Waals surface area (Å²) in [6.07, 6.45) is -0.834. The molecule has 146 valence electrons. The molecule has 0 fully saturated rings. The van der Waals surface area contributed by atoms with Crippen LogP contribution >= 0.6 is 0 Å². The first kappa shape index (κ1) is 23.7. The van der Waals surface area contributed by atoms with Crippen LogP contribution in [0.5, 0.6) is 0 Å². The molecule has 2 rings (SSSR count). The molecule has 0 amide bonds. The first-order chi connectivity index (χ1) is 12.0. The number of carbonyl (C=O) groups excluding carboxylic acids is 1. The number of benzene rings is 2. The lowest BCUT2D eigenvalue weighted by atomic mass is 10.1. The first-order valence-electron chi connectivity index (χ1n) is 7.11. The second kappa shape index (κ2) is 10.0. The molecule has 0 saturated heterocycles. The molecule has 1 atom stereocenters. The van der Waals surface area contributed by atoms with Gasteiger partial charge >= 0.3 is 11.4 Å². The SMILES string of the molecule is C.CC(=O)c1ccc(F)c([N+](=O)[O-])c1.CC(O)c1ccc(F)c([N+](=O)[O-])c1. The van der Waals surface area contributed by atoms with E-state index in [1.807, 2.05) is 0 Å². The summed E-state index contributed by atoms with van der Waals surface area (Å²) < 4.78 is 25.5. The molecule has 0 saturated carbocycles. The second-order valence-electron chi connectivity index (χ2n) is 5.12. The summed E-state index contributed by atoms with van der Waals surface area (Å²) in [5.74, 6) is -2.16. The van der Waals surface area contributed by atoms with Crippen LogP contribution in [0.2, 0.25) is 0 Å². The number of rotatable bonds is 4. The van der Waals surface area contributed by atoms with Gasteiger partial charge in [-0.2, -0.15) is 8.78 Å². The van der Waals surface area contributed by atoms with Crippen molar-refractivity contribution in [2.45, 2.75) is 27.4 Å². The molecule has 0 radical (unpaired) electrons. The Morgan fingerprint density at radius 1 is 1.00 bits per heavy atom. The zero-order chi connectivity index (χ0) is 20.0. The minimum absolute atomic E-state index is 0. The molecule has 1 unspecified atom stereocenters. The Labute approximate surface area is 153 Å². The fourth-order valence-corrected chi connectivity index (χ4v) is 1.80. The molecule has 0 aliphatic carbocycles. The van der Waals surface area contributed by atoms with E-state index in [0.717, 1.165) is 24.3 Å². The number of Topliss-reactive ketones (excluding diaryl/α,β-unsaturated/α-hetero) is 1. The van der Waals surface area contributed by atoms with Gasteiger partial charge in [0.1, 0.15) is 0 Å². The molecule has 0 aliphatic heterocycles. The molecular weight excluding hydrogens is 366 g/mol. The molecule has 0 spiro atoms. The van der Waals surface area contributed by atoms with Crippen LogP contribution in [0.15, 0.2) is 36.4 Å². The highest BCUT2D eigenvalue weighted by Crippen LogP contribution is 2.22. The van der Waals surface area contributed by atoms with Crippen molar-refractivity contribution in [1.82, 2.24) is 0 Å². The van der Waals surface area contributed by atoms with Gasteiger partial charge in [-0.3, -0.25) is 25.0 Å². The molecule has 27 heavy (non-hydrogen) atoms. The first-order valence-corrected chi connectivity index (χ1v) is 7.11. The molecular formula is C17H18F2N2O6. The average molecular weight is 384 g/mol. The topological polar surface area (TPSA) is 124 Å². The minimum atomic E-state index is -0.935. The second-order valence-corrected chi connectivity index (χ2v) is 5.12. The van der Waals surface area contributed by atoms with Gasteiger partial charge in [0.2, 0.25) is 11.6 Å². The number of halogens is 2. The van der Waals surface area contributed by atoms with Crippen molar-refractivity contribution in [1.29, 1.82) is 0 Å². The molecule has 1 N–H and O–H groups in total. The number of carbonyl (C=O) groups is 1. The Bertz CT molecular complexity index is 855. The van der Waals surface area contributed by atoms with Gasteiger partial charge in [-0.1, -0.05) is 13.5 Å². The number of hydrogen-bond acceptors (Lipinski definition) is 6. The maximum Gasteiger partial charge on any atom is 0.305 e. The van der Waals surface area contributed by atoms with Gasteiger partial charge in [-0.15, -0.1) is 0 Å². The standard InChI is InChI=1S/C8H8FNO3.C8H6FNO3.CH4/c2*1-5(11)6-2-3-7(9)8(4-6)10(12)13;/h2-5,11H,1H3;2-4H,1H3;1H4. The Kier molecular flexibility index (Phi) is 8.81. The minimum Gasteiger partial charge on any atom is -0.389 e. The van der Waals surface area contributed by atoms with E-state index >= 15 is 0 Å². The Hall–Kier alpha value is -3.27. The Morgan fingerprint density at radius 2 is 1.44 bits per heavy atom. The highest BCUT2D eigenvalue weighted by atomic mass is 19.1. The lowest BCUT2D eigenvalue weighted by molar-refractivity contribution is -0.387. The highest BCUT2D eigenvalue weighted by molar-refractivity contribution is 5.94. The van der Waals surface area contributed by atoms with Gasteiger partial charge in [0, 0.05) is 17.7 Å². The smallest absolute Gasteiger partial charge is 0.305 e. The Balaban J connectivity index is 0.000000483. The van der Waals surface area contributed by atoms with E-state index in [-0.39, 0.29) is 18.8 Å². The molecule has 2 aromatic carbocycles. The number of ketones is 1. The van der Waals surface area contributed by atoms with Crippen molar-refractivity contribution in [3.05, 3.63) is 79.4 Å². The summed E-state index contributed by atoms with van der Waals surface area (Å²) in [7, 11) is 0. The van der Waals surface area contributed by atoms with Crippen LogP contribution in [-0.2, 0) is 0 Å². The highest BCUT2D eigenvalue weighted by Gasteiger charge is 2.16. The van der Waals surface area contributed by atoms with Crippen LogP contribution in [0, 0.1) is 31.9 Å². The quantitative estimate of drug-likeness (QED) is 0.474. The van der Waals surface area contributed by atoms with Crippen LogP contribution in [0.25, 0.3) is 0 Å². The molecule has 0 aliphatic rings. The summed E-state index contributed by atoms with van der Waals surface area (Å²) in [6.45, 7) is 2.72. The van der Waals surface area contributed by atoms with Crippen molar-refractivity contribution in [2.75, 3.05) is 0 Å². The lowest BCUT2D eigenvalue weighted by Crippen LogP contribution is -1.97. The monoisotopic (exact) mass is 384 g/mol. The van der Waals surface area contributed by atoms with Gasteiger partial charge in [-0.25, -0.2) is 0 Å². The summed E-state index contributed by atoms with van der Waals surface area (Å²) in [5, 5.41) is 29.6. The summed E-state index contributed by atoms with van der Waals surface area (Å²) in [6, 6.07) is 6.37. The van der Waals surface area contributed by atoms with Gasteiger partial charge < -0.3 is 5.11 Å². The van der Waals surface area contributed by atoms with Crippen LogP contribution in [0.4, 0.5) is 20.2 Å². The molecule has 0 aromatic heterocycles. The van der Waals surface area contributed by atoms with Gasteiger partial charge in [-0.05, 0) is 37.6 Å². The Morgan fingerprint density at radius 3 is 1.85 bits per heavy atom. The maximum atomic E-state index is 12.8. The number of nitrogens with zero attached hydrogens (tertiary/aromatic N) is 2. The maximum absolute atomic E-state index is 12.8. The van der Waals surface area contributed by atoms with Crippen LogP contribution in [0.3, 0.4) is 0 Å². The van der Waals surface area contributed by atoms with Crippen LogP contribution in [-0.4, -0.2) is 20.7 Å². The third-order valence-corrected chi connectivity index (χ3v) is 3.20. The van der Waals surface area contributed by atoms with E-state index in [1.54, 1.807) is 0 Å². The fourth-order valence-electron chi connectivity index (χ4n) is 1.80. The lowest BCUT2D eigenvalue weighted by Gasteiger charge is -2.03. The van der Waals surface area contributed by atoms with Crippen LogP contribution < -0.4 is 0 Å². The summed E-state index contributed by atoms with van der Waals surface area (Å²) >= 11 is 0. The summed E-state index contributed by atoms with van der Waals surface area (Å²) in [4.78, 5) is 29.6. The molecule has 10 heteroatoms. The van der Waals surface area contributed by atoms with Crippen molar-refractivity contribution < 1.29 is 28.5 Å². The van der Waals surface area contributed by atoms with Crippen molar-refractivity contribution in [3.63, 3.8) is 0 Å². The van der Waals surface area contributed by atoms with E-state index in [0.29, 0.717) is 5.56 Å². The average Bonchev–Trinajstić information content (AvgIpc) is 2.55. The summed E-state index contributed by atoms with van der Waals surface area (Å²) in [5.41, 5.74) is -0.827. The van der Waals surface area contributed by atoms with Crippen molar-refractivity contribution >= 4 is 17.2 Å². The predicted octanol–water partition coefficient (Wildman–Crippen LogP) is 4.36. The third kappa shape index (κ3) is 6.51. The molecule has 0 heterocycles.